The molecule has 5 nitrogen and oxygen atoms in total. The van der Waals surface area contributed by atoms with Gasteiger partial charge in [0, 0.05) is 6.54 Å². The van der Waals surface area contributed by atoms with Crippen molar-refractivity contribution in [1.82, 2.24) is 10.2 Å². The lowest BCUT2D eigenvalue weighted by atomic mass is 9.71. The zero-order chi connectivity index (χ0) is 16.8. The Morgan fingerprint density at radius 3 is 2.42 bits per heavy atom. The second kappa shape index (κ2) is 7.99. The molecule has 1 N–H and O–H groups in total. The minimum absolute atomic E-state index is 0.0427. The number of rotatable bonds is 5. The number of likely N-dealkylation sites (tertiary alicyclic amines) is 1. The van der Waals surface area contributed by atoms with Crippen LogP contribution in [0.15, 0.2) is 24.3 Å². The maximum absolute atomic E-state index is 11.1. The first kappa shape index (κ1) is 17.2. The Kier molecular flexibility index (Phi) is 5.74. The number of benzene rings is 1. The van der Waals surface area contributed by atoms with Crippen LogP contribution in [-0.2, 0) is 16.1 Å². The Morgan fingerprint density at radius 2 is 1.79 bits per heavy atom. The molecular weight excluding hydrogens is 304 g/mol. The van der Waals surface area contributed by atoms with Crippen LogP contribution in [0, 0.1) is 5.41 Å². The average Bonchev–Trinajstić information content (AvgIpc) is 2.64. The van der Waals surface area contributed by atoms with Gasteiger partial charge in [-0.1, -0.05) is 12.1 Å². The third-order valence-corrected chi connectivity index (χ3v) is 5.49. The van der Waals surface area contributed by atoms with E-state index in [-0.39, 0.29) is 12.6 Å². The van der Waals surface area contributed by atoms with Crippen LogP contribution < -0.4 is 10.1 Å². The second-order valence-electron chi connectivity index (χ2n) is 7.03. The summed E-state index contributed by atoms with van der Waals surface area (Å²) in [5.74, 6) is 0.343. The highest BCUT2D eigenvalue weighted by Gasteiger charge is 2.35. The van der Waals surface area contributed by atoms with E-state index in [4.69, 9.17) is 4.74 Å². The maximum Gasteiger partial charge on any atom is 0.343 e. The Labute approximate surface area is 144 Å². The van der Waals surface area contributed by atoms with Gasteiger partial charge in [0.05, 0.1) is 7.11 Å². The van der Waals surface area contributed by atoms with Crippen LogP contribution >= 0.6 is 0 Å². The van der Waals surface area contributed by atoms with E-state index in [1.165, 1.54) is 64.5 Å². The summed E-state index contributed by atoms with van der Waals surface area (Å²) in [5, 5.41) is 3.48. The quantitative estimate of drug-likeness (QED) is 0.838. The summed E-state index contributed by atoms with van der Waals surface area (Å²) < 4.78 is 9.95. The van der Waals surface area contributed by atoms with Gasteiger partial charge in [-0.15, -0.1) is 0 Å². The van der Waals surface area contributed by atoms with Crippen LogP contribution in [0.2, 0.25) is 0 Å². The molecule has 1 aromatic rings. The lowest BCUT2D eigenvalue weighted by Crippen LogP contribution is -2.45. The standard InChI is InChI=1S/C19H28N2O3/c1-23-18(22)15-24-17-4-2-16(3-5-17)14-21-12-8-19(9-13-21)6-10-20-11-7-19/h2-5,20H,6-15H2,1H3. The van der Waals surface area contributed by atoms with Crippen LogP contribution in [0.1, 0.15) is 31.2 Å². The summed E-state index contributed by atoms with van der Waals surface area (Å²) in [6.45, 7) is 5.71. The summed E-state index contributed by atoms with van der Waals surface area (Å²) >= 11 is 0. The first-order valence-electron chi connectivity index (χ1n) is 8.91. The summed E-state index contributed by atoms with van der Waals surface area (Å²) in [6, 6.07) is 8.02. The van der Waals surface area contributed by atoms with Crippen molar-refractivity contribution in [2.45, 2.75) is 32.2 Å². The number of nitrogens with zero attached hydrogens (tertiary/aromatic N) is 1. The van der Waals surface area contributed by atoms with Crippen molar-refractivity contribution in [3.05, 3.63) is 29.8 Å². The van der Waals surface area contributed by atoms with Gasteiger partial charge >= 0.3 is 5.97 Å². The number of esters is 1. The van der Waals surface area contributed by atoms with E-state index in [0.29, 0.717) is 11.2 Å². The van der Waals surface area contributed by atoms with E-state index in [1.807, 2.05) is 12.1 Å². The summed E-state index contributed by atoms with van der Waals surface area (Å²) in [4.78, 5) is 13.6. The van der Waals surface area contributed by atoms with Gasteiger partial charge in [-0.2, -0.15) is 0 Å². The summed E-state index contributed by atoms with van der Waals surface area (Å²) in [6.07, 6.45) is 5.34. The van der Waals surface area contributed by atoms with E-state index in [9.17, 15) is 4.79 Å². The third kappa shape index (κ3) is 4.48. The second-order valence-corrected chi connectivity index (χ2v) is 7.03. The highest BCUT2D eigenvalue weighted by molar-refractivity contribution is 5.70. The Morgan fingerprint density at radius 1 is 1.12 bits per heavy atom. The third-order valence-electron chi connectivity index (χ3n) is 5.49. The highest BCUT2D eigenvalue weighted by Crippen LogP contribution is 2.39. The van der Waals surface area contributed by atoms with E-state index in [0.717, 1.165) is 6.54 Å². The number of methoxy groups -OCH3 is 1. The number of carbonyl (C=O) groups is 1. The smallest absolute Gasteiger partial charge is 0.343 e. The molecule has 1 spiro atoms. The van der Waals surface area contributed by atoms with Gasteiger partial charge in [-0.25, -0.2) is 4.79 Å². The fourth-order valence-electron chi connectivity index (χ4n) is 3.79. The lowest BCUT2D eigenvalue weighted by Gasteiger charge is -2.44. The minimum Gasteiger partial charge on any atom is -0.482 e. The van der Waals surface area contributed by atoms with Crippen molar-refractivity contribution in [3.8, 4) is 5.75 Å². The molecule has 3 rings (SSSR count). The molecule has 2 aliphatic rings. The molecule has 2 fully saturated rings. The van der Waals surface area contributed by atoms with Crippen molar-refractivity contribution in [3.63, 3.8) is 0 Å². The molecule has 0 unspecified atom stereocenters. The first-order valence-corrected chi connectivity index (χ1v) is 8.91. The molecule has 0 bridgehead atoms. The number of nitrogens with one attached hydrogen (secondary N) is 1. The van der Waals surface area contributed by atoms with Crippen molar-refractivity contribution < 1.29 is 14.3 Å². The predicted octanol–water partition coefficient (Wildman–Crippen LogP) is 2.20. The molecule has 132 valence electrons. The molecule has 2 heterocycles. The maximum atomic E-state index is 11.1. The minimum atomic E-state index is -0.362. The molecule has 24 heavy (non-hydrogen) atoms. The van der Waals surface area contributed by atoms with Crippen LogP contribution in [0.4, 0.5) is 0 Å². The average molecular weight is 332 g/mol. The molecule has 0 aromatic heterocycles. The van der Waals surface area contributed by atoms with Gasteiger partial charge in [0.2, 0.25) is 0 Å². The Hall–Kier alpha value is -1.59. The molecule has 0 amide bonds. The van der Waals surface area contributed by atoms with Crippen molar-refractivity contribution in [2.24, 2.45) is 5.41 Å². The molecule has 0 aliphatic carbocycles. The van der Waals surface area contributed by atoms with Crippen molar-refractivity contribution >= 4 is 5.97 Å². The van der Waals surface area contributed by atoms with Gasteiger partial charge in [0.1, 0.15) is 5.75 Å². The van der Waals surface area contributed by atoms with Crippen LogP contribution in [0.25, 0.3) is 0 Å². The fourth-order valence-corrected chi connectivity index (χ4v) is 3.79. The normalized spacial score (nSPS) is 20.7. The number of ether oxygens (including phenoxy) is 2. The largest absolute Gasteiger partial charge is 0.482 e. The molecule has 2 saturated heterocycles. The van der Waals surface area contributed by atoms with Gasteiger partial charge in [-0.3, -0.25) is 4.90 Å². The first-order chi connectivity index (χ1) is 11.7. The monoisotopic (exact) mass is 332 g/mol. The number of carbonyl (C=O) groups excluding carboxylic acids is 1. The van der Waals surface area contributed by atoms with Crippen LogP contribution in [0.5, 0.6) is 5.75 Å². The van der Waals surface area contributed by atoms with Crippen molar-refractivity contribution in [2.75, 3.05) is 39.9 Å². The summed E-state index contributed by atoms with van der Waals surface area (Å²) in [5.41, 5.74) is 1.90. The van der Waals surface area contributed by atoms with Crippen molar-refractivity contribution in [1.29, 1.82) is 0 Å². The molecule has 1 aromatic carbocycles. The molecule has 5 heteroatoms. The molecule has 0 atom stereocenters. The van der Waals surface area contributed by atoms with E-state index in [1.54, 1.807) is 0 Å². The van der Waals surface area contributed by atoms with Crippen LogP contribution in [0.3, 0.4) is 0 Å². The zero-order valence-electron chi connectivity index (χ0n) is 14.6. The number of hydrogen-bond donors (Lipinski definition) is 1. The number of hydrogen-bond acceptors (Lipinski definition) is 5. The topological polar surface area (TPSA) is 50.8 Å². The van der Waals surface area contributed by atoms with E-state index >= 15 is 0 Å². The zero-order valence-corrected chi connectivity index (χ0v) is 14.6. The van der Waals surface area contributed by atoms with Gasteiger partial charge in [0.15, 0.2) is 6.61 Å². The number of piperidine rings is 2. The predicted molar refractivity (Wildman–Crippen MR) is 93.0 cm³/mol. The fraction of sp³-hybridized carbons (Fsp3) is 0.632. The Bertz CT molecular complexity index is 528. The van der Waals surface area contributed by atoms with Crippen LogP contribution in [-0.4, -0.2) is 50.8 Å². The summed E-state index contributed by atoms with van der Waals surface area (Å²) in [7, 11) is 1.36. The SMILES string of the molecule is COC(=O)COc1ccc(CN2CCC3(CCNCC3)CC2)cc1. The molecule has 0 saturated carbocycles. The van der Waals surface area contributed by atoms with E-state index in [2.05, 4.69) is 27.1 Å². The Balaban J connectivity index is 1.46. The highest BCUT2D eigenvalue weighted by atomic mass is 16.6. The lowest BCUT2D eigenvalue weighted by molar-refractivity contribution is -0.142. The van der Waals surface area contributed by atoms with Gasteiger partial charge in [-0.05, 0) is 75.0 Å². The molecule has 2 aliphatic heterocycles. The van der Waals surface area contributed by atoms with Gasteiger partial charge in [0.25, 0.3) is 0 Å². The molecular formula is C19H28N2O3. The van der Waals surface area contributed by atoms with Gasteiger partial charge < -0.3 is 14.8 Å². The molecule has 0 radical (unpaired) electrons. The van der Waals surface area contributed by atoms with E-state index < -0.39 is 0 Å².